The third kappa shape index (κ3) is 4.18. The first-order chi connectivity index (χ1) is 13.1. The fourth-order valence-corrected chi connectivity index (χ4v) is 6.03. The Balaban J connectivity index is 1.94. The number of carbonyl (C=O) groups is 2. The zero-order valence-corrected chi connectivity index (χ0v) is 17.8. The normalized spacial score (nSPS) is 25.8. The third-order valence-corrected chi connectivity index (χ3v) is 7.33. The molecule has 0 bridgehead atoms. The summed E-state index contributed by atoms with van der Waals surface area (Å²) in [6.45, 7) is 6.01. The first-order valence-corrected chi connectivity index (χ1v) is 11.3. The molecule has 28 heavy (non-hydrogen) atoms. The highest BCUT2D eigenvalue weighted by molar-refractivity contribution is 7.89. The van der Waals surface area contributed by atoms with Crippen molar-refractivity contribution in [1.82, 2.24) is 14.5 Å². The van der Waals surface area contributed by atoms with E-state index in [-0.39, 0.29) is 41.3 Å². The summed E-state index contributed by atoms with van der Waals surface area (Å²) in [6, 6.07) is 4.96. The van der Waals surface area contributed by atoms with E-state index in [1.807, 2.05) is 13.8 Å². The lowest BCUT2D eigenvalue weighted by Crippen LogP contribution is -2.61. The predicted molar refractivity (Wildman–Crippen MR) is 106 cm³/mol. The molecule has 1 aromatic carbocycles. The lowest BCUT2D eigenvalue weighted by atomic mass is 9.99. The van der Waals surface area contributed by atoms with E-state index in [9.17, 15) is 18.0 Å². The van der Waals surface area contributed by atoms with Gasteiger partial charge in [-0.15, -0.1) is 0 Å². The Morgan fingerprint density at radius 1 is 1.32 bits per heavy atom. The van der Waals surface area contributed by atoms with Crippen LogP contribution < -0.4 is 5.32 Å². The van der Waals surface area contributed by atoms with Crippen molar-refractivity contribution < 1.29 is 18.0 Å². The number of hydrogen-bond acceptors (Lipinski definition) is 4. The molecule has 2 amide bonds. The molecule has 1 aromatic rings. The van der Waals surface area contributed by atoms with E-state index in [0.29, 0.717) is 24.4 Å². The van der Waals surface area contributed by atoms with Crippen LogP contribution in [0.15, 0.2) is 29.2 Å². The van der Waals surface area contributed by atoms with Crippen LogP contribution in [0.3, 0.4) is 0 Å². The molecular formula is C19H26ClN3O4S. The first-order valence-electron chi connectivity index (χ1n) is 9.44. The minimum absolute atomic E-state index is 0.0893. The number of hydrogen-bond donors (Lipinski definition) is 1. The number of sulfonamides is 1. The number of piperazine rings is 1. The molecule has 0 unspecified atom stereocenters. The van der Waals surface area contributed by atoms with Gasteiger partial charge in [-0.2, -0.15) is 4.31 Å². The predicted octanol–water partition coefficient (Wildman–Crippen LogP) is 1.86. The van der Waals surface area contributed by atoms with Crippen molar-refractivity contribution in [1.29, 1.82) is 0 Å². The zero-order valence-electron chi connectivity index (χ0n) is 16.3. The first kappa shape index (κ1) is 21.1. The summed E-state index contributed by atoms with van der Waals surface area (Å²) in [5, 5.41) is 3.18. The zero-order chi connectivity index (χ0) is 20.6. The van der Waals surface area contributed by atoms with Gasteiger partial charge in [0, 0.05) is 37.1 Å². The standard InChI is InChI=1S/C19H26ClN3O4S/c1-12(2)7-18-19(25)22-10-15(21-13(3)24)9-16(22)11-23(18)28(26,27)17-6-4-5-14(20)8-17/h4-6,8,12,15-16,18H,7,9-11H2,1-3H3,(H,21,24)/t15-,16-,18-/m0/s1. The van der Waals surface area contributed by atoms with Crippen molar-refractivity contribution in [3.05, 3.63) is 29.3 Å². The van der Waals surface area contributed by atoms with Crippen molar-refractivity contribution in [3.63, 3.8) is 0 Å². The van der Waals surface area contributed by atoms with Gasteiger partial charge in [0.15, 0.2) is 0 Å². The van der Waals surface area contributed by atoms with Crippen molar-refractivity contribution in [3.8, 4) is 0 Å². The monoisotopic (exact) mass is 427 g/mol. The Hall–Kier alpha value is -1.64. The number of halogens is 1. The van der Waals surface area contributed by atoms with Crippen LogP contribution in [-0.2, 0) is 19.6 Å². The minimum Gasteiger partial charge on any atom is -0.352 e. The van der Waals surface area contributed by atoms with Gasteiger partial charge in [-0.25, -0.2) is 8.42 Å². The van der Waals surface area contributed by atoms with E-state index in [4.69, 9.17) is 11.6 Å². The van der Waals surface area contributed by atoms with Gasteiger partial charge in [0.05, 0.1) is 4.90 Å². The van der Waals surface area contributed by atoms with Crippen molar-refractivity contribution in [2.75, 3.05) is 13.1 Å². The number of nitrogens with zero attached hydrogens (tertiary/aromatic N) is 2. The molecule has 3 atom stereocenters. The van der Waals surface area contributed by atoms with Crippen LogP contribution in [0.4, 0.5) is 0 Å². The summed E-state index contributed by atoms with van der Waals surface area (Å²) in [5.74, 6) is -0.195. The fourth-order valence-electron chi connectivity index (χ4n) is 4.09. The molecule has 0 saturated carbocycles. The van der Waals surface area contributed by atoms with Crippen molar-refractivity contribution >= 4 is 33.4 Å². The van der Waals surface area contributed by atoms with Gasteiger partial charge in [0.1, 0.15) is 6.04 Å². The van der Waals surface area contributed by atoms with E-state index in [1.165, 1.54) is 23.4 Å². The Morgan fingerprint density at radius 2 is 2.04 bits per heavy atom. The quantitative estimate of drug-likeness (QED) is 0.777. The maximum Gasteiger partial charge on any atom is 0.243 e. The maximum atomic E-state index is 13.4. The maximum absolute atomic E-state index is 13.4. The molecule has 3 rings (SSSR count). The second-order valence-corrected chi connectivity index (χ2v) is 10.3. The number of nitrogens with one attached hydrogen (secondary N) is 1. The number of benzene rings is 1. The molecular weight excluding hydrogens is 402 g/mol. The van der Waals surface area contributed by atoms with E-state index in [0.717, 1.165) is 0 Å². The van der Waals surface area contributed by atoms with Gasteiger partial charge in [-0.3, -0.25) is 9.59 Å². The molecule has 0 spiro atoms. The van der Waals surface area contributed by atoms with Crippen LogP contribution in [0.25, 0.3) is 0 Å². The smallest absolute Gasteiger partial charge is 0.243 e. The van der Waals surface area contributed by atoms with Gasteiger partial charge in [-0.1, -0.05) is 31.5 Å². The molecule has 0 aliphatic carbocycles. The summed E-state index contributed by atoms with van der Waals surface area (Å²) in [4.78, 5) is 26.4. The van der Waals surface area contributed by atoms with Crippen LogP contribution >= 0.6 is 11.6 Å². The van der Waals surface area contributed by atoms with Crippen LogP contribution in [-0.4, -0.2) is 60.7 Å². The molecule has 2 saturated heterocycles. The average molecular weight is 428 g/mol. The highest BCUT2D eigenvalue weighted by Gasteiger charge is 2.49. The largest absolute Gasteiger partial charge is 0.352 e. The van der Waals surface area contributed by atoms with E-state index < -0.39 is 16.1 Å². The number of carbonyl (C=O) groups excluding carboxylic acids is 2. The third-order valence-electron chi connectivity index (χ3n) is 5.23. The van der Waals surface area contributed by atoms with Gasteiger partial charge in [0.2, 0.25) is 21.8 Å². The topological polar surface area (TPSA) is 86.8 Å². The molecule has 0 radical (unpaired) electrons. The number of rotatable bonds is 5. The molecule has 2 fully saturated rings. The van der Waals surface area contributed by atoms with Crippen LogP contribution in [0.1, 0.15) is 33.6 Å². The summed E-state index contributed by atoms with van der Waals surface area (Å²) in [6.07, 6.45) is 0.980. The van der Waals surface area contributed by atoms with Gasteiger partial charge in [-0.05, 0) is 37.0 Å². The van der Waals surface area contributed by atoms with Gasteiger partial charge < -0.3 is 10.2 Å². The minimum atomic E-state index is -3.88. The highest BCUT2D eigenvalue weighted by atomic mass is 35.5. The SMILES string of the molecule is CC(=O)N[C@H]1C[C@H]2CN(S(=O)(=O)c3cccc(Cl)c3)[C@@H](CC(C)C)C(=O)N2C1. The van der Waals surface area contributed by atoms with Crippen LogP contribution in [0, 0.1) is 5.92 Å². The molecule has 154 valence electrons. The van der Waals surface area contributed by atoms with E-state index in [2.05, 4.69) is 5.32 Å². The van der Waals surface area contributed by atoms with Crippen LogP contribution in [0.2, 0.25) is 5.02 Å². The Labute approximate surface area is 171 Å². The fraction of sp³-hybridized carbons (Fsp3) is 0.579. The summed E-state index contributed by atoms with van der Waals surface area (Å²) in [5.41, 5.74) is 0. The number of fused-ring (bicyclic) bond motifs is 1. The van der Waals surface area contributed by atoms with Crippen molar-refractivity contribution in [2.24, 2.45) is 5.92 Å². The lowest BCUT2D eigenvalue weighted by molar-refractivity contribution is -0.141. The lowest BCUT2D eigenvalue weighted by Gasteiger charge is -2.42. The summed E-state index contributed by atoms with van der Waals surface area (Å²) < 4.78 is 28.0. The Kier molecular flexibility index (Phi) is 6.03. The molecule has 0 aromatic heterocycles. The second-order valence-electron chi connectivity index (χ2n) is 7.96. The summed E-state index contributed by atoms with van der Waals surface area (Å²) >= 11 is 6.00. The van der Waals surface area contributed by atoms with Crippen molar-refractivity contribution in [2.45, 2.75) is 56.6 Å². The highest BCUT2D eigenvalue weighted by Crippen LogP contribution is 2.33. The van der Waals surface area contributed by atoms with Gasteiger partial charge >= 0.3 is 0 Å². The Bertz CT molecular complexity index is 874. The number of amides is 2. The van der Waals surface area contributed by atoms with E-state index >= 15 is 0 Å². The molecule has 2 heterocycles. The average Bonchev–Trinajstić information content (AvgIpc) is 2.99. The van der Waals surface area contributed by atoms with Gasteiger partial charge in [0.25, 0.3) is 0 Å². The summed E-state index contributed by atoms with van der Waals surface area (Å²) in [7, 11) is -3.88. The molecule has 2 aliphatic rings. The molecule has 7 nitrogen and oxygen atoms in total. The molecule has 1 N–H and O–H groups in total. The second kappa shape index (κ2) is 8.00. The molecule has 9 heteroatoms. The molecule has 2 aliphatic heterocycles. The van der Waals surface area contributed by atoms with E-state index in [1.54, 1.807) is 17.0 Å². The Morgan fingerprint density at radius 3 is 2.64 bits per heavy atom. The van der Waals surface area contributed by atoms with Crippen LogP contribution in [0.5, 0.6) is 0 Å².